The van der Waals surface area contributed by atoms with Crippen LogP contribution in [0.25, 0.3) is 0 Å². The van der Waals surface area contributed by atoms with E-state index in [9.17, 15) is 23.5 Å². The second-order valence-electron chi connectivity index (χ2n) is 11.5. The Hall–Kier alpha value is -3.78. The smallest absolute Gasteiger partial charge is 0.245 e. The van der Waals surface area contributed by atoms with Crippen LogP contribution in [0.5, 0.6) is 11.5 Å². The van der Waals surface area contributed by atoms with E-state index in [1.807, 2.05) is 54.6 Å². The zero-order valence-corrected chi connectivity index (χ0v) is 23.7. The predicted octanol–water partition coefficient (Wildman–Crippen LogP) is 6.16. The molecule has 3 aromatic carbocycles. The molecule has 2 N–H and O–H groups in total. The highest BCUT2D eigenvalue weighted by atomic mass is 19.1. The van der Waals surface area contributed by atoms with Gasteiger partial charge in [0.05, 0.1) is 12.0 Å². The van der Waals surface area contributed by atoms with Crippen LogP contribution in [0.3, 0.4) is 0 Å². The Morgan fingerprint density at radius 1 is 0.929 bits per heavy atom. The summed E-state index contributed by atoms with van der Waals surface area (Å²) in [5, 5.41) is 14.0. The number of hydrogen-bond acceptors (Lipinski definition) is 4. The number of aryl methyl sites for hydroxylation is 1. The van der Waals surface area contributed by atoms with Gasteiger partial charge in [0, 0.05) is 19.2 Å². The first-order chi connectivity index (χ1) is 20.3. The molecule has 2 fully saturated rings. The van der Waals surface area contributed by atoms with Crippen LogP contribution in [-0.4, -0.2) is 40.5 Å². The van der Waals surface area contributed by atoms with E-state index in [-0.39, 0.29) is 24.7 Å². The summed E-state index contributed by atoms with van der Waals surface area (Å²) >= 11 is 0. The van der Waals surface area contributed by atoms with Gasteiger partial charge in [-0.3, -0.25) is 9.59 Å². The standard InChI is InChI=1S/C34H38F2N2O4/c35-26-17-24(18-27(36)21-26)14-15-32(39)30(20-23-12-13-23)33(40)37-31-11-4-5-16-38(34(31)41)22-25-7-6-10-29(19-25)42-28-8-2-1-3-9-28/h1-3,6-10,17-19,21,23,30-32,39H,4-5,11-16,20,22H2,(H,37,40)/t30-,31?,32+/m1/s1. The third kappa shape index (κ3) is 8.38. The zero-order chi connectivity index (χ0) is 29.5. The molecule has 0 radical (unpaired) electrons. The Morgan fingerprint density at radius 2 is 1.67 bits per heavy atom. The molecule has 1 unspecified atom stereocenters. The molecule has 2 aliphatic rings. The van der Waals surface area contributed by atoms with Crippen molar-refractivity contribution in [2.24, 2.45) is 11.8 Å². The quantitative estimate of drug-likeness (QED) is 0.271. The number of benzene rings is 3. The number of hydrogen-bond donors (Lipinski definition) is 2. The summed E-state index contributed by atoms with van der Waals surface area (Å²) in [4.78, 5) is 28.9. The summed E-state index contributed by atoms with van der Waals surface area (Å²) in [5.74, 6) is -0.709. The van der Waals surface area contributed by atoms with Gasteiger partial charge < -0.3 is 20.1 Å². The van der Waals surface area contributed by atoms with Gasteiger partial charge in [-0.15, -0.1) is 0 Å². The molecule has 3 aromatic rings. The molecule has 42 heavy (non-hydrogen) atoms. The third-order valence-corrected chi connectivity index (χ3v) is 8.08. The number of amides is 2. The van der Waals surface area contributed by atoms with E-state index in [0.717, 1.165) is 43.1 Å². The van der Waals surface area contributed by atoms with Crippen LogP contribution in [0.15, 0.2) is 72.8 Å². The van der Waals surface area contributed by atoms with Crippen molar-refractivity contribution in [2.45, 2.75) is 70.1 Å². The van der Waals surface area contributed by atoms with Crippen LogP contribution in [0.4, 0.5) is 8.78 Å². The van der Waals surface area contributed by atoms with Crippen LogP contribution >= 0.6 is 0 Å². The number of para-hydroxylation sites is 1. The van der Waals surface area contributed by atoms with Crippen LogP contribution < -0.4 is 10.1 Å². The van der Waals surface area contributed by atoms with Gasteiger partial charge in [0.25, 0.3) is 0 Å². The fraction of sp³-hybridized carbons (Fsp3) is 0.412. The lowest BCUT2D eigenvalue weighted by molar-refractivity contribution is -0.139. The Bertz CT molecular complexity index is 1340. The van der Waals surface area contributed by atoms with Crippen LogP contribution in [0.2, 0.25) is 0 Å². The zero-order valence-electron chi connectivity index (χ0n) is 23.7. The molecule has 222 valence electrons. The van der Waals surface area contributed by atoms with Crippen LogP contribution in [-0.2, 0) is 22.6 Å². The van der Waals surface area contributed by atoms with Gasteiger partial charge in [0.15, 0.2) is 0 Å². The van der Waals surface area contributed by atoms with Gasteiger partial charge in [0.1, 0.15) is 29.2 Å². The van der Waals surface area contributed by atoms with Gasteiger partial charge in [-0.2, -0.15) is 0 Å². The van der Waals surface area contributed by atoms with Crippen molar-refractivity contribution in [1.29, 1.82) is 0 Å². The maximum atomic E-state index is 13.6. The highest BCUT2D eigenvalue weighted by Gasteiger charge is 2.36. The van der Waals surface area contributed by atoms with E-state index in [4.69, 9.17) is 4.74 Å². The lowest BCUT2D eigenvalue weighted by atomic mass is 9.90. The number of aliphatic hydroxyl groups is 1. The second-order valence-corrected chi connectivity index (χ2v) is 11.5. The highest BCUT2D eigenvalue weighted by Crippen LogP contribution is 2.37. The van der Waals surface area contributed by atoms with Crippen LogP contribution in [0.1, 0.15) is 56.1 Å². The van der Waals surface area contributed by atoms with E-state index in [1.165, 1.54) is 12.1 Å². The monoisotopic (exact) mass is 576 g/mol. The first-order valence-electron chi connectivity index (χ1n) is 14.9. The number of ether oxygens (including phenoxy) is 1. The molecule has 6 nitrogen and oxygen atoms in total. The molecular weight excluding hydrogens is 538 g/mol. The lowest BCUT2D eigenvalue weighted by Gasteiger charge is -2.28. The highest BCUT2D eigenvalue weighted by molar-refractivity contribution is 5.89. The molecule has 0 spiro atoms. The third-order valence-electron chi connectivity index (χ3n) is 8.08. The number of carbonyl (C=O) groups is 2. The van der Waals surface area contributed by atoms with Crippen molar-refractivity contribution < 1.29 is 28.2 Å². The Morgan fingerprint density at radius 3 is 2.40 bits per heavy atom. The molecule has 3 atom stereocenters. The van der Waals surface area contributed by atoms with E-state index >= 15 is 0 Å². The van der Waals surface area contributed by atoms with Crippen LogP contribution in [0, 0.1) is 23.5 Å². The number of aliphatic hydroxyl groups excluding tert-OH is 1. The minimum Gasteiger partial charge on any atom is -0.457 e. The van der Waals surface area contributed by atoms with Crippen molar-refractivity contribution in [3.05, 3.63) is 95.6 Å². The van der Waals surface area contributed by atoms with Gasteiger partial charge in [-0.25, -0.2) is 8.78 Å². The summed E-state index contributed by atoms with van der Waals surface area (Å²) in [7, 11) is 0. The maximum absolute atomic E-state index is 13.6. The average Bonchev–Trinajstić information content (AvgIpc) is 3.81. The number of carbonyl (C=O) groups excluding carboxylic acids is 2. The Kier molecular flexibility index (Phi) is 9.85. The Balaban J connectivity index is 1.21. The maximum Gasteiger partial charge on any atom is 0.245 e. The largest absolute Gasteiger partial charge is 0.457 e. The molecule has 1 saturated heterocycles. The minimum atomic E-state index is -0.985. The van der Waals surface area contributed by atoms with E-state index in [1.54, 1.807) is 4.90 Å². The normalized spacial score (nSPS) is 18.7. The van der Waals surface area contributed by atoms with Gasteiger partial charge in [0.2, 0.25) is 11.8 Å². The lowest BCUT2D eigenvalue weighted by Crippen LogP contribution is -2.50. The second kappa shape index (κ2) is 13.9. The summed E-state index contributed by atoms with van der Waals surface area (Å²) < 4.78 is 33.2. The summed E-state index contributed by atoms with van der Waals surface area (Å²) in [6, 6.07) is 19.8. The van der Waals surface area contributed by atoms with Crippen molar-refractivity contribution in [3.8, 4) is 11.5 Å². The fourth-order valence-corrected chi connectivity index (χ4v) is 5.65. The van der Waals surface area contributed by atoms with Gasteiger partial charge in [-0.1, -0.05) is 43.2 Å². The molecule has 1 saturated carbocycles. The van der Waals surface area contributed by atoms with Crippen molar-refractivity contribution >= 4 is 11.8 Å². The molecule has 5 rings (SSSR count). The molecule has 8 heteroatoms. The van der Waals surface area contributed by atoms with Gasteiger partial charge in [-0.05, 0) is 92.0 Å². The van der Waals surface area contributed by atoms with E-state index in [0.29, 0.717) is 43.2 Å². The van der Waals surface area contributed by atoms with E-state index < -0.39 is 29.7 Å². The van der Waals surface area contributed by atoms with Crippen molar-refractivity contribution in [3.63, 3.8) is 0 Å². The number of nitrogens with zero attached hydrogens (tertiary/aromatic N) is 1. The summed E-state index contributed by atoms with van der Waals surface area (Å²) in [5.41, 5.74) is 1.37. The average molecular weight is 577 g/mol. The Labute approximate surface area is 245 Å². The molecule has 2 amide bonds. The summed E-state index contributed by atoms with van der Waals surface area (Å²) in [6.07, 6.45) is 4.16. The van der Waals surface area contributed by atoms with Crippen molar-refractivity contribution in [1.82, 2.24) is 10.2 Å². The molecule has 0 aromatic heterocycles. The number of rotatable bonds is 12. The molecule has 0 bridgehead atoms. The first-order valence-corrected chi connectivity index (χ1v) is 14.9. The fourth-order valence-electron chi connectivity index (χ4n) is 5.65. The SMILES string of the molecule is O=C(NC1CCCCN(Cc2cccc(Oc3ccccc3)c2)C1=O)[C@H](CC1CC1)[C@@H](O)CCc1cc(F)cc(F)c1. The molecular formula is C34H38F2N2O4. The number of likely N-dealkylation sites (tertiary alicyclic amines) is 1. The predicted molar refractivity (Wildman–Crippen MR) is 156 cm³/mol. The number of nitrogens with one attached hydrogen (secondary N) is 1. The minimum absolute atomic E-state index is 0.134. The topological polar surface area (TPSA) is 78.9 Å². The summed E-state index contributed by atoms with van der Waals surface area (Å²) in [6.45, 7) is 0.989. The van der Waals surface area contributed by atoms with Crippen molar-refractivity contribution in [2.75, 3.05) is 6.54 Å². The number of halogens is 2. The van der Waals surface area contributed by atoms with E-state index in [2.05, 4.69) is 5.32 Å². The van der Waals surface area contributed by atoms with Gasteiger partial charge >= 0.3 is 0 Å². The first kappa shape index (κ1) is 29.7. The molecule has 1 aliphatic heterocycles. The molecule has 1 heterocycles. The molecule has 1 aliphatic carbocycles.